The maximum absolute atomic E-state index is 12.2. The lowest BCUT2D eigenvalue weighted by molar-refractivity contribution is 0.0943. The standard InChI is InChI=1S/C15H14N4O3/c1-2-21-15-10(5-3-8-17-15)14(20)18-9-12-19-13-11(22-12)6-4-7-16-13/h3-8H,2,9H2,1H3,(H,18,20). The molecular formula is C15H14N4O3. The predicted octanol–water partition coefficient (Wildman–Crippen LogP) is 1.95. The van der Waals surface area contributed by atoms with E-state index < -0.39 is 0 Å². The summed E-state index contributed by atoms with van der Waals surface area (Å²) in [7, 11) is 0. The molecule has 0 atom stereocenters. The van der Waals surface area contributed by atoms with E-state index >= 15 is 0 Å². The fourth-order valence-electron chi connectivity index (χ4n) is 1.96. The van der Waals surface area contributed by atoms with Gasteiger partial charge in [0.2, 0.25) is 11.8 Å². The van der Waals surface area contributed by atoms with Crippen LogP contribution in [0.25, 0.3) is 11.2 Å². The Morgan fingerprint density at radius 2 is 2.09 bits per heavy atom. The summed E-state index contributed by atoms with van der Waals surface area (Å²) in [5.41, 5.74) is 1.48. The fraction of sp³-hybridized carbons (Fsp3) is 0.200. The highest BCUT2D eigenvalue weighted by Gasteiger charge is 2.14. The maximum Gasteiger partial charge on any atom is 0.257 e. The largest absolute Gasteiger partial charge is 0.477 e. The molecule has 112 valence electrons. The van der Waals surface area contributed by atoms with Gasteiger partial charge >= 0.3 is 0 Å². The average Bonchev–Trinajstić information content (AvgIpc) is 2.96. The Morgan fingerprint density at radius 1 is 1.27 bits per heavy atom. The van der Waals surface area contributed by atoms with Crippen molar-refractivity contribution in [2.45, 2.75) is 13.5 Å². The quantitative estimate of drug-likeness (QED) is 0.774. The van der Waals surface area contributed by atoms with Crippen molar-refractivity contribution in [1.29, 1.82) is 0 Å². The summed E-state index contributed by atoms with van der Waals surface area (Å²) in [4.78, 5) is 24.5. The second-order valence-corrected chi connectivity index (χ2v) is 4.40. The number of amides is 1. The van der Waals surface area contributed by atoms with Crippen molar-refractivity contribution in [2.75, 3.05) is 6.61 Å². The lowest BCUT2D eigenvalue weighted by Crippen LogP contribution is -2.24. The van der Waals surface area contributed by atoms with Gasteiger partial charge in [0.1, 0.15) is 5.56 Å². The molecule has 3 aromatic rings. The zero-order chi connectivity index (χ0) is 15.4. The molecule has 0 unspecified atom stereocenters. The molecule has 0 aliphatic heterocycles. The Hall–Kier alpha value is -2.96. The number of oxazole rings is 1. The minimum absolute atomic E-state index is 0.162. The van der Waals surface area contributed by atoms with E-state index in [-0.39, 0.29) is 12.5 Å². The zero-order valence-corrected chi connectivity index (χ0v) is 11.9. The number of ether oxygens (including phenoxy) is 1. The van der Waals surface area contributed by atoms with E-state index in [9.17, 15) is 4.79 Å². The van der Waals surface area contributed by atoms with Gasteiger partial charge in [-0.1, -0.05) is 0 Å². The van der Waals surface area contributed by atoms with Crippen molar-refractivity contribution in [3.8, 4) is 5.88 Å². The summed E-state index contributed by atoms with van der Waals surface area (Å²) < 4.78 is 10.8. The van der Waals surface area contributed by atoms with Gasteiger partial charge in [0.15, 0.2) is 11.2 Å². The van der Waals surface area contributed by atoms with Crippen LogP contribution in [0, 0.1) is 0 Å². The van der Waals surface area contributed by atoms with E-state index in [2.05, 4.69) is 20.3 Å². The monoisotopic (exact) mass is 298 g/mol. The predicted molar refractivity (Wildman–Crippen MR) is 78.4 cm³/mol. The number of fused-ring (bicyclic) bond motifs is 1. The molecular weight excluding hydrogens is 284 g/mol. The summed E-state index contributed by atoms with van der Waals surface area (Å²) >= 11 is 0. The SMILES string of the molecule is CCOc1ncccc1C(=O)NCc1nc2ncccc2o1. The number of hydrogen-bond acceptors (Lipinski definition) is 6. The van der Waals surface area contributed by atoms with Gasteiger partial charge in [-0.2, -0.15) is 4.98 Å². The first kappa shape index (κ1) is 14.0. The highest BCUT2D eigenvalue weighted by atomic mass is 16.5. The zero-order valence-electron chi connectivity index (χ0n) is 11.9. The molecule has 3 aromatic heterocycles. The first-order valence-electron chi connectivity index (χ1n) is 6.84. The van der Waals surface area contributed by atoms with Gasteiger partial charge in [-0.05, 0) is 31.2 Å². The molecule has 0 aliphatic carbocycles. The Balaban J connectivity index is 1.72. The minimum atomic E-state index is -0.299. The third-order valence-electron chi connectivity index (χ3n) is 2.91. The number of rotatable bonds is 5. The summed E-state index contributed by atoms with van der Waals surface area (Å²) in [6.45, 7) is 2.44. The summed E-state index contributed by atoms with van der Waals surface area (Å²) in [5.74, 6) is 0.400. The number of pyridine rings is 2. The molecule has 7 nitrogen and oxygen atoms in total. The topological polar surface area (TPSA) is 90.1 Å². The Labute approximate surface area is 126 Å². The Morgan fingerprint density at radius 3 is 2.91 bits per heavy atom. The summed E-state index contributed by atoms with van der Waals surface area (Å²) in [6.07, 6.45) is 3.21. The number of hydrogen-bond donors (Lipinski definition) is 1. The van der Waals surface area contributed by atoms with Crippen molar-refractivity contribution in [3.63, 3.8) is 0 Å². The van der Waals surface area contributed by atoms with Crippen LogP contribution < -0.4 is 10.1 Å². The lowest BCUT2D eigenvalue weighted by Gasteiger charge is -2.08. The maximum atomic E-state index is 12.2. The lowest BCUT2D eigenvalue weighted by atomic mass is 10.2. The number of nitrogens with zero attached hydrogens (tertiary/aromatic N) is 3. The molecule has 0 saturated carbocycles. The first-order valence-corrected chi connectivity index (χ1v) is 6.84. The first-order chi connectivity index (χ1) is 10.8. The third-order valence-corrected chi connectivity index (χ3v) is 2.91. The normalized spacial score (nSPS) is 10.6. The summed E-state index contributed by atoms with van der Waals surface area (Å²) in [5, 5.41) is 2.73. The van der Waals surface area contributed by atoms with E-state index in [1.807, 2.05) is 6.92 Å². The van der Waals surface area contributed by atoms with Crippen LogP contribution in [0.5, 0.6) is 5.88 Å². The molecule has 1 amide bonds. The second kappa shape index (κ2) is 6.21. The Bertz CT molecular complexity index is 767. The van der Waals surface area contributed by atoms with Crippen molar-refractivity contribution >= 4 is 17.1 Å². The van der Waals surface area contributed by atoms with Crippen LogP contribution in [0.15, 0.2) is 41.1 Å². The van der Waals surface area contributed by atoms with Crippen molar-refractivity contribution < 1.29 is 13.9 Å². The van der Waals surface area contributed by atoms with E-state index in [1.165, 1.54) is 0 Å². The highest BCUT2D eigenvalue weighted by molar-refractivity contribution is 5.96. The van der Waals surface area contributed by atoms with Gasteiger partial charge in [-0.25, -0.2) is 9.97 Å². The van der Waals surface area contributed by atoms with Crippen molar-refractivity contribution in [3.05, 3.63) is 48.1 Å². The van der Waals surface area contributed by atoms with Crippen LogP contribution in [0.1, 0.15) is 23.2 Å². The van der Waals surface area contributed by atoms with Crippen molar-refractivity contribution in [2.24, 2.45) is 0 Å². The summed E-state index contributed by atoms with van der Waals surface area (Å²) in [6, 6.07) is 6.87. The van der Waals surface area contributed by atoms with E-state index in [1.54, 1.807) is 36.7 Å². The van der Waals surface area contributed by atoms with Gasteiger partial charge in [0.05, 0.1) is 13.2 Å². The molecule has 22 heavy (non-hydrogen) atoms. The van der Waals surface area contributed by atoms with Crippen LogP contribution in [0.4, 0.5) is 0 Å². The number of aromatic nitrogens is 3. The molecule has 0 saturated heterocycles. The molecule has 1 N–H and O–H groups in total. The van der Waals surface area contributed by atoms with E-state index in [4.69, 9.17) is 9.15 Å². The molecule has 0 fully saturated rings. The van der Waals surface area contributed by atoms with Gasteiger partial charge in [0.25, 0.3) is 5.91 Å². The van der Waals surface area contributed by atoms with Gasteiger partial charge in [-0.3, -0.25) is 4.79 Å². The minimum Gasteiger partial charge on any atom is -0.477 e. The van der Waals surface area contributed by atoms with Crippen LogP contribution in [-0.4, -0.2) is 27.5 Å². The van der Waals surface area contributed by atoms with Crippen LogP contribution in [0.2, 0.25) is 0 Å². The average molecular weight is 298 g/mol. The van der Waals surface area contributed by atoms with Crippen LogP contribution in [-0.2, 0) is 6.54 Å². The second-order valence-electron chi connectivity index (χ2n) is 4.40. The smallest absolute Gasteiger partial charge is 0.257 e. The molecule has 0 aromatic carbocycles. The number of carbonyl (C=O) groups is 1. The molecule has 7 heteroatoms. The van der Waals surface area contributed by atoms with Crippen LogP contribution >= 0.6 is 0 Å². The van der Waals surface area contributed by atoms with Gasteiger partial charge in [-0.15, -0.1) is 0 Å². The van der Waals surface area contributed by atoms with Crippen LogP contribution in [0.3, 0.4) is 0 Å². The molecule has 3 rings (SSSR count). The molecule has 0 aliphatic rings. The van der Waals surface area contributed by atoms with Gasteiger partial charge < -0.3 is 14.5 Å². The highest BCUT2D eigenvalue weighted by Crippen LogP contribution is 2.15. The molecule has 3 heterocycles. The number of carbonyl (C=O) groups excluding carboxylic acids is 1. The van der Waals surface area contributed by atoms with Gasteiger partial charge in [0, 0.05) is 12.4 Å². The fourth-order valence-corrected chi connectivity index (χ4v) is 1.96. The van der Waals surface area contributed by atoms with E-state index in [0.29, 0.717) is 35.2 Å². The number of nitrogens with one attached hydrogen (secondary N) is 1. The molecule has 0 bridgehead atoms. The molecule has 0 radical (unpaired) electrons. The van der Waals surface area contributed by atoms with E-state index in [0.717, 1.165) is 0 Å². The third kappa shape index (κ3) is 2.88. The Kier molecular flexibility index (Phi) is 3.95. The van der Waals surface area contributed by atoms with Crippen molar-refractivity contribution in [1.82, 2.24) is 20.3 Å². The molecule has 0 spiro atoms.